The van der Waals surface area contributed by atoms with Crippen LogP contribution in [0.2, 0.25) is 0 Å². The quantitative estimate of drug-likeness (QED) is 0.875. The zero-order valence-electron chi connectivity index (χ0n) is 12.4. The maximum atomic E-state index is 13.3. The third-order valence-corrected chi connectivity index (χ3v) is 3.71. The number of pyridine rings is 1. The molecule has 0 saturated carbocycles. The number of rotatable bonds is 3. The van der Waals surface area contributed by atoms with Crippen LogP contribution in [-0.2, 0) is 5.60 Å². The highest BCUT2D eigenvalue weighted by Gasteiger charge is 2.19. The minimum absolute atomic E-state index is 0.290. The van der Waals surface area contributed by atoms with Crippen molar-refractivity contribution in [2.75, 3.05) is 0 Å². The van der Waals surface area contributed by atoms with E-state index < -0.39 is 5.60 Å². The standard InChI is InChI=1S/C16H17BrFNO2/c1-9-5-12(18)6-10(2)14(9)21-15-13(17)7-11(8-19-15)16(3,4)20/h5-8,20H,1-4H3. The topological polar surface area (TPSA) is 42.4 Å². The van der Waals surface area contributed by atoms with Gasteiger partial charge < -0.3 is 9.84 Å². The SMILES string of the molecule is Cc1cc(F)cc(C)c1Oc1ncc(C(C)(C)O)cc1Br. The van der Waals surface area contributed by atoms with Gasteiger partial charge in [0.1, 0.15) is 11.6 Å². The molecule has 0 fully saturated rings. The molecule has 0 atom stereocenters. The summed E-state index contributed by atoms with van der Waals surface area (Å²) in [6, 6.07) is 4.60. The Kier molecular flexibility index (Phi) is 4.35. The van der Waals surface area contributed by atoms with Crippen molar-refractivity contribution in [1.82, 2.24) is 4.98 Å². The summed E-state index contributed by atoms with van der Waals surface area (Å²) in [4.78, 5) is 4.22. The van der Waals surface area contributed by atoms with E-state index in [0.29, 0.717) is 32.8 Å². The summed E-state index contributed by atoms with van der Waals surface area (Å²) in [7, 11) is 0. The van der Waals surface area contributed by atoms with E-state index >= 15 is 0 Å². The van der Waals surface area contributed by atoms with Crippen LogP contribution < -0.4 is 4.74 Å². The molecule has 0 aliphatic rings. The van der Waals surface area contributed by atoms with Crippen LogP contribution in [0.25, 0.3) is 0 Å². The molecule has 2 rings (SSSR count). The summed E-state index contributed by atoms with van der Waals surface area (Å²) in [5, 5.41) is 9.97. The first-order valence-corrected chi connectivity index (χ1v) is 7.31. The lowest BCUT2D eigenvalue weighted by Gasteiger charge is -2.18. The molecule has 1 aromatic heterocycles. The smallest absolute Gasteiger partial charge is 0.233 e. The minimum Gasteiger partial charge on any atom is -0.437 e. The van der Waals surface area contributed by atoms with E-state index in [2.05, 4.69) is 20.9 Å². The second-order valence-corrected chi connectivity index (χ2v) is 6.40. The van der Waals surface area contributed by atoms with Crippen molar-refractivity contribution < 1.29 is 14.2 Å². The molecule has 0 unspecified atom stereocenters. The third kappa shape index (κ3) is 3.60. The zero-order valence-corrected chi connectivity index (χ0v) is 14.0. The normalized spacial score (nSPS) is 11.6. The fraction of sp³-hybridized carbons (Fsp3) is 0.312. The van der Waals surface area contributed by atoms with Gasteiger partial charge in [0.25, 0.3) is 0 Å². The van der Waals surface area contributed by atoms with Crippen molar-refractivity contribution in [2.24, 2.45) is 0 Å². The number of ether oxygens (including phenoxy) is 1. The molecular weight excluding hydrogens is 337 g/mol. The Labute approximate surface area is 131 Å². The second kappa shape index (κ2) is 5.73. The van der Waals surface area contributed by atoms with Gasteiger partial charge in [-0.25, -0.2) is 9.37 Å². The predicted octanol–water partition coefficient (Wildman–Crippen LogP) is 4.62. The first-order valence-electron chi connectivity index (χ1n) is 6.51. The van der Waals surface area contributed by atoms with Gasteiger partial charge in [-0.2, -0.15) is 0 Å². The molecule has 5 heteroatoms. The lowest BCUT2D eigenvalue weighted by atomic mass is 10.0. The van der Waals surface area contributed by atoms with E-state index in [1.54, 1.807) is 40.0 Å². The van der Waals surface area contributed by atoms with Gasteiger partial charge in [0, 0.05) is 11.8 Å². The van der Waals surface area contributed by atoms with Crippen molar-refractivity contribution in [3.63, 3.8) is 0 Å². The number of aromatic nitrogens is 1. The van der Waals surface area contributed by atoms with E-state index in [0.717, 1.165) is 0 Å². The average Bonchev–Trinajstić information content (AvgIpc) is 2.33. The van der Waals surface area contributed by atoms with E-state index in [1.165, 1.54) is 12.1 Å². The summed E-state index contributed by atoms with van der Waals surface area (Å²) in [5.41, 5.74) is 1.10. The number of aryl methyl sites for hydroxylation is 2. The van der Waals surface area contributed by atoms with Crippen LogP contribution in [0.5, 0.6) is 11.6 Å². The molecule has 1 N–H and O–H groups in total. The number of benzene rings is 1. The first-order chi connectivity index (χ1) is 9.68. The molecule has 0 aliphatic heterocycles. The molecule has 112 valence electrons. The Morgan fingerprint density at radius 3 is 2.24 bits per heavy atom. The van der Waals surface area contributed by atoms with Crippen LogP contribution in [0.4, 0.5) is 4.39 Å². The summed E-state index contributed by atoms with van der Waals surface area (Å²) in [6.07, 6.45) is 1.56. The number of nitrogens with zero attached hydrogens (tertiary/aromatic N) is 1. The van der Waals surface area contributed by atoms with Gasteiger partial charge in [0.15, 0.2) is 0 Å². The van der Waals surface area contributed by atoms with E-state index in [4.69, 9.17) is 4.74 Å². The van der Waals surface area contributed by atoms with Gasteiger partial charge in [-0.3, -0.25) is 0 Å². The molecule has 21 heavy (non-hydrogen) atoms. The zero-order chi connectivity index (χ0) is 15.8. The molecule has 2 aromatic rings. The monoisotopic (exact) mass is 353 g/mol. The molecule has 0 bridgehead atoms. The molecule has 0 aliphatic carbocycles. The van der Waals surface area contributed by atoms with Crippen LogP contribution >= 0.6 is 15.9 Å². The fourth-order valence-corrected chi connectivity index (χ4v) is 2.42. The molecule has 0 spiro atoms. The highest BCUT2D eigenvalue weighted by Crippen LogP contribution is 2.34. The molecule has 3 nitrogen and oxygen atoms in total. The van der Waals surface area contributed by atoms with Crippen molar-refractivity contribution in [1.29, 1.82) is 0 Å². The molecule has 0 radical (unpaired) electrons. The molecular formula is C16H17BrFNO2. The van der Waals surface area contributed by atoms with E-state index in [9.17, 15) is 9.50 Å². The number of hydrogen-bond acceptors (Lipinski definition) is 3. The van der Waals surface area contributed by atoms with E-state index in [-0.39, 0.29) is 5.82 Å². The van der Waals surface area contributed by atoms with Gasteiger partial charge in [0.2, 0.25) is 5.88 Å². The highest BCUT2D eigenvalue weighted by molar-refractivity contribution is 9.10. The van der Waals surface area contributed by atoms with Crippen LogP contribution in [0, 0.1) is 19.7 Å². The van der Waals surface area contributed by atoms with Gasteiger partial charge in [-0.15, -0.1) is 0 Å². The maximum Gasteiger partial charge on any atom is 0.233 e. The third-order valence-electron chi connectivity index (χ3n) is 3.14. The predicted molar refractivity (Wildman–Crippen MR) is 83.1 cm³/mol. The van der Waals surface area contributed by atoms with Crippen molar-refractivity contribution in [3.8, 4) is 11.6 Å². The molecule has 1 aromatic carbocycles. The van der Waals surface area contributed by atoms with Crippen LogP contribution in [0.15, 0.2) is 28.9 Å². The van der Waals surface area contributed by atoms with Crippen molar-refractivity contribution >= 4 is 15.9 Å². The van der Waals surface area contributed by atoms with Crippen LogP contribution in [0.3, 0.4) is 0 Å². The fourth-order valence-electron chi connectivity index (χ4n) is 1.99. The maximum absolute atomic E-state index is 13.3. The van der Waals surface area contributed by atoms with Crippen LogP contribution in [0.1, 0.15) is 30.5 Å². The van der Waals surface area contributed by atoms with Gasteiger partial charge in [-0.1, -0.05) is 0 Å². The Morgan fingerprint density at radius 1 is 1.19 bits per heavy atom. The van der Waals surface area contributed by atoms with Gasteiger partial charge in [0.05, 0.1) is 10.1 Å². The van der Waals surface area contributed by atoms with Gasteiger partial charge in [-0.05, 0) is 73.0 Å². The molecule has 0 saturated heterocycles. The summed E-state index contributed by atoms with van der Waals surface area (Å²) >= 11 is 3.39. The minimum atomic E-state index is -0.976. The lowest BCUT2D eigenvalue weighted by molar-refractivity contribution is 0.0781. The van der Waals surface area contributed by atoms with Crippen LogP contribution in [-0.4, -0.2) is 10.1 Å². The summed E-state index contributed by atoms with van der Waals surface area (Å²) < 4.78 is 19.7. The summed E-state index contributed by atoms with van der Waals surface area (Å²) in [5.74, 6) is 0.670. The molecule has 1 heterocycles. The van der Waals surface area contributed by atoms with Crippen molar-refractivity contribution in [2.45, 2.75) is 33.3 Å². The van der Waals surface area contributed by atoms with Gasteiger partial charge >= 0.3 is 0 Å². The van der Waals surface area contributed by atoms with Crippen molar-refractivity contribution in [3.05, 3.63) is 51.4 Å². The average molecular weight is 354 g/mol. The largest absolute Gasteiger partial charge is 0.437 e. The van der Waals surface area contributed by atoms with E-state index in [1.807, 2.05) is 0 Å². The number of halogens is 2. The number of aliphatic hydroxyl groups is 1. The first kappa shape index (κ1) is 15.9. The Balaban J connectivity index is 2.37. The summed E-state index contributed by atoms with van der Waals surface area (Å²) in [6.45, 7) is 6.94. The lowest BCUT2D eigenvalue weighted by Crippen LogP contribution is -2.15. The number of hydrogen-bond donors (Lipinski definition) is 1. The Hall–Kier alpha value is -1.46. The Bertz CT molecular complexity index is 657. The Morgan fingerprint density at radius 2 is 1.76 bits per heavy atom. The highest BCUT2D eigenvalue weighted by atomic mass is 79.9. The second-order valence-electron chi connectivity index (χ2n) is 5.54. The molecule has 0 amide bonds.